The van der Waals surface area contributed by atoms with Gasteiger partial charge in [-0.1, -0.05) is 0 Å². The second-order valence-corrected chi connectivity index (χ2v) is 1.69. The summed E-state index contributed by atoms with van der Waals surface area (Å²) >= 11 is 9.68. The zero-order valence-corrected chi connectivity index (χ0v) is 6.09. The predicted octanol–water partition coefficient (Wildman–Crippen LogP) is 2.23. The van der Waals surface area contributed by atoms with E-state index in [4.69, 9.17) is 11.6 Å². The molecule has 0 amide bonds. The van der Waals surface area contributed by atoms with Crippen molar-refractivity contribution in [3.8, 4) is 0 Å². The van der Waals surface area contributed by atoms with Crippen molar-refractivity contribution >= 4 is 29.0 Å². The topological polar surface area (TPSA) is 12.4 Å². The molecule has 0 unspecified atom stereocenters. The average molecular weight is 148 g/mol. The van der Waals surface area contributed by atoms with E-state index in [9.17, 15) is 0 Å². The van der Waals surface area contributed by atoms with Crippen molar-refractivity contribution in [2.45, 2.75) is 6.92 Å². The first kappa shape index (κ1) is 7.83. The van der Waals surface area contributed by atoms with Gasteiger partial charge in [0.15, 0.2) is 0 Å². The molecule has 0 aliphatic carbocycles. The predicted molar refractivity (Wildman–Crippen MR) is 39.5 cm³/mol. The van der Waals surface area contributed by atoms with Gasteiger partial charge in [-0.2, -0.15) is 4.99 Å². The summed E-state index contributed by atoms with van der Waals surface area (Å²) in [6.45, 7) is 1.82. The summed E-state index contributed by atoms with van der Waals surface area (Å²) in [7, 11) is 0. The zero-order valence-electron chi connectivity index (χ0n) is 4.52. The van der Waals surface area contributed by atoms with Gasteiger partial charge in [0.25, 0.3) is 0 Å². The highest BCUT2D eigenvalue weighted by Gasteiger charge is 1.76. The Hall–Kier alpha value is -0.170. The number of thiocarbonyl (C=S) groups is 1. The molecule has 0 aromatic heterocycles. The van der Waals surface area contributed by atoms with Gasteiger partial charge in [-0.05, 0) is 25.2 Å². The summed E-state index contributed by atoms with van der Waals surface area (Å²) in [5.41, 5.74) is 0.815. The number of hydrogen-bond acceptors (Lipinski definition) is 2. The first-order chi connectivity index (χ1) is 3.81. The molecule has 0 atom stereocenters. The van der Waals surface area contributed by atoms with Crippen LogP contribution in [0, 0.1) is 0 Å². The second kappa shape index (κ2) is 4.98. The molecule has 0 rings (SSSR count). The summed E-state index contributed by atoms with van der Waals surface area (Å²) in [5.74, 6) is 0.479. The minimum Gasteiger partial charge on any atom is -0.200 e. The minimum absolute atomic E-state index is 0.479. The Morgan fingerprint density at radius 2 is 2.62 bits per heavy atom. The van der Waals surface area contributed by atoms with Crippen LogP contribution in [0.2, 0.25) is 0 Å². The molecule has 1 nitrogen and oxygen atoms in total. The highest BCUT2D eigenvalue weighted by Crippen LogP contribution is 1.92. The first-order valence-electron chi connectivity index (χ1n) is 2.12. The Morgan fingerprint density at radius 3 is 3.00 bits per heavy atom. The highest BCUT2D eigenvalue weighted by atomic mass is 35.5. The van der Waals surface area contributed by atoms with E-state index in [-0.39, 0.29) is 0 Å². The average Bonchev–Trinajstić information content (AvgIpc) is 1.68. The van der Waals surface area contributed by atoms with Crippen LogP contribution in [-0.2, 0) is 0 Å². The largest absolute Gasteiger partial charge is 0.200 e. The van der Waals surface area contributed by atoms with Gasteiger partial charge in [-0.3, -0.25) is 0 Å². The zero-order chi connectivity index (χ0) is 6.41. The van der Waals surface area contributed by atoms with Crippen molar-refractivity contribution in [2.24, 2.45) is 4.99 Å². The number of rotatable bonds is 2. The molecular formula is C5H6ClNS. The lowest BCUT2D eigenvalue weighted by atomic mass is 10.5. The summed E-state index contributed by atoms with van der Waals surface area (Å²) in [6.07, 6.45) is 1.76. The van der Waals surface area contributed by atoms with E-state index in [0.717, 1.165) is 5.70 Å². The molecule has 0 spiro atoms. The molecule has 0 aromatic carbocycles. The Labute approximate surface area is 59.1 Å². The van der Waals surface area contributed by atoms with Crippen molar-refractivity contribution in [2.75, 3.05) is 5.88 Å². The molecule has 0 saturated heterocycles. The quantitative estimate of drug-likeness (QED) is 0.332. The third-order valence-electron chi connectivity index (χ3n) is 0.595. The Morgan fingerprint density at radius 1 is 2.00 bits per heavy atom. The lowest BCUT2D eigenvalue weighted by Crippen LogP contribution is -1.67. The first-order valence-corrected chi connectivity index (χ1v) is 3.06. The fourth-order valence-electron chi connectivity index (χ4n) is 0.229. The van der Waals surface area contributed by atoms with Gasteiger partial charge in [0, 0.05) is 11.6 Å². The van der Waals surface area contributed by atoms with Crippen LogP contribution in [0.3, 0.4) is 0 Å². The number of hydrogen-bond donors (Lipinski definition) is 0. The molecule has 0 aromatic rings. The Bertz CT molecular complexity index is 135. The molecule has 0 saturated carbocycles. The normalized spacial score (nSPS) is 10.5. The molecule has 0 bridgehead atoms. The van der Waals surface area contributed by atoms with Gasteiger partial charge < -0.3 is 0 Å². The molecular weight excluding hydrogens is 142 g/mol. The van der Waals surface area contributed by atoms with Gasteiger partial charge >= 0.3 is 0 Å². The van der Waals surface area contributed by atoms with Crippen molar-refractivity contribution in [3.63, 3.8) is 0 Å². The van der Waals surface area contributed by atoms with Crippen molar-refractivity contribution in [1.82, 2.24) is 0 Å². The standard InChI is InChI=1S/C5H6ClNS/c1-5(2-3-6)7-4-8/h2H,3H2,1H3/b5-2-. The van der Waals surface area contributed by atoms with Gasteiger partial charge in [0.1, 0.15) is 0 Å². The summed E-state index contributed by atoms with van der Waals surface area (Å²) in [6, 6.07) is 0. The van der Waals surface area contributed by atoms with Crippen LogP contribution in [0.1, 0.15) is 6.92 Å². The van der Waals surface area contributed by atoms with Gasteiger partial charge in [-0.15, -0.1) is 11.6 Å². The van der Waals surface area contributed by atoms with Gasteiger partial charge in [-0.25, -0.2) is 0 Å². The van der Waals surface area contributed by atoms with Crippen LogP contribution in [0.25, 0.3) is 0 Å². The highest BCUT2D eigenvalue weighted by molar-refractivity contribution is 7.78. The minimum atomic E-state index is 0.479. The number of isothiocyanates is 1. The van der Waals surface area contributed by atoms with Crippen LogP contribution in [0.15, 0.2) is 16.8 Å². The number of nitrogens with zero attached hydrogens (tertiary/aromatic N) is 1. The lowest BCUT2D eigenvalue weighted by molar-refractivity contribution is 1.31. The van der Waals surface area contributed by atoms with E-state index >= 15 is 0 Å². The van der Waals surface area contributed by atoms with Crippen molar-refractivity contribution in [3.05, 3.63) is 11.8 Å². The molecule has 3 heteroatoms. The van der Waals surface area contributed by atoms with Crippen molar-refractivity contribution in [1.29, 1.82) is 0 Å². The SMILES string of the molecule is C/C(=C/CCl)N=C=S. The Balaban J connectivity index is 3.79. The van der Waals surface area contributed by atoms with Gasteiger partial charge in [0.2, 0.25) is 0 Å². The third-order valence-corrected chi connectivity index (χ3v) is 0.840. The van der Waals surface area contributed by atoms with Crippen LogP contribution in [-0.4, -0.2) is 11.0 Å². The fraction of sp³-hybridized carbons (Fsp3) is 0.400. The number of halogens is 1. The molecule has 0 aliphatic heterocycles. The van der Waals surface area contributed by atoms with E-state index in [0.29, 0.717) is 5.88 Å². The third kappa shape index (κ3) is 4.00. The summed E-state index contributed by atoms with van der Waals surface area (Å²) in [5, 5.41) is 2.23. The molecule has 0 aliphatic rings. The van der Waals surface area contributed by atoms with E-state index in [1.54, 1.807) is 6.08 Å². The smallest absolute Gasteiger partial charge is 0.0637 e. The maximum absolute atomic E-state index is 5.33. The molecule has 8 heavy (non-hydrogen) atoms. The van der Waals surface area contributed by atoms with Crippen LogP contribution < -0.4 is 0 Å². The number of allylic oxidation sites excluding steroid dienone is 2. The van der Waals surface area contributed by atoms with E-state index in [1.165, 1.54) is 0 Å². The van der Waals surface area contributed by atoms with E-state index < -0.39 is 0 Å². The molecule has 0 fully saturated rings. The Kier molecular flexibility index (Phi) is 4.87. The molecule has 44 valence electrons. The molecule has 0 heterocycles. The van der Waals surface area contributed by atoms with E-state index in [2.05, 4.69) is 22.4 Å². The van der Waals surface area contributed by atoms with Gasteiger partial charge in [0.05, 0.1) is 5.16 Å². The van der Waals surface area contributed by atoms with Crippen LogP contribution in [0.5, 0.6) is 0 Å². The lowest BCUT2D eigenvalue weighted by Gasteiger charge is -1.81. The maximum Gasteiger partial charge on any atom is 0.0637 e. The monoisotopic (exact) mass is 147 g/mol. The molecule has 0 N–H and O–H groups in total. The fourth-order valence-corrected chi connectivity index (χ4v) is 0.597. The molecule has 0 radical (unpaired) electrons. The summed E-state index contributed by atoms with van der Waals surface area (Å²) in [4.78, 5) is 3.66. The van der Waals surface area contributed by atoms with Crippen molar-refractivity contribution < 1.29 is 0 Å². The number of aliphatic imine (C=N–C) groups is 1. The second-order valence-electron chi connectivity index (χ2n) is 1.20. The van der Waals surface area contributed by atoms with E-state index in [1.807, 2.05) is 6.92 Å². The maximum atomic E-state index is 5.33. The van der Waals surface area contributed by atoms with Crippen LogP contribution >= 0.6 is 23.8 Å². The van der Waals surface area contributed by atoms with Crippen LogP contribution in [0.4, 0.5) is 0 Å². The number of alkyl halides is 1. The summed E-state index contributed by atoms with van der Waals surface area (Å²) < 4.78 is 0.